The van der Waals surface area contributed by atoms with Gasteiger partial charge in [-0.15, -0.1) is 11.3 Å². The molecule has 1 aromatic heterocycles. The van der Waals surface area contributed by atoms with Crippen LogP contribution in [0.4, 0.5) is 0 Å². The van der Waals surface area contributed by atoms with Crippen LogP contribution < -0.4 is 4.74 Å². The molecule has 0 bridgehead atoms. The molecule has 0 amide bonds. The van der Waals surface area contributed by atoms with Crippen LogP contribution in [0, 0.1) is 0 Å². The van der Waals surface area contributed by atoms with E-state index in [4.69, 9.17) is 9.47 Å². The summed E-state index contributed by atoms with van der Waals surface area (Å²) in [7, 11) is -1.71. The van der Waals surface area contributed by atoms with E-state index in [-0.39, 0.29) is 12.2 Å². The maximum absolute atomic E-state index is 12.3. The number of fused-ring (bicyclic) bond motifs is 1. The Bertz CT molecular complexity index is 807. The second kappa shape index (κ2) is 5.73. The first-order chi connectivity index (χ1) is 10.5. The fraction of sp³-hybridized carbons (Fsp3) is 0.267. The molecule has 0 saturated heterocycles. The maximum Gasteiger partial charge on any atom is 0.338 e. The molecule has 3 rings (SSSR count). The molecule has 116 valence electrons. The van der Waals surface area contributed by atoms with Crippen molar-refractivity contribution < 1.29 is 22.7 Å². The van der Waals surface area contributed by atoms with Crippen LogP contribution in [-0.4, -0.2) is 27.2 Å². The van der Waals surface area contributed by atoms with Gasteiger partial charge in [0.15, 0.2) is 9.84 Å². The van der Waals surface area contributed by atoms with E-state index in [1.807, 2.05) is 0 Å². The highest BCUT2D eigenvalue weighted by Crippen LogP contribution is 2.38. The Morgan fingerprint density at radius 1 is 1.32 bits per heavy atom. The lowest BCUT2D eigenvalue weighted by atomic mass is 10.1. The molecule has 0 N–H and O–H groups in total. The molecule has 2 aromatic rings. The molecule has 1 aromatic carbocycles. The zero-order chi connectivity index (χ0) is 15.7. The van der Waals surface area contributed by atoms with Gasteiger partial charge in [0.2, 0.25) is 0 Å². The van der Waals surface area contributed by atoms with Crippen LogP contribution in [0.3, 0.4) is 0 Å². The van der Waals surface area contributed by atoms with Crippen molar-refractivity contribution in [3.8, 4) is 5.75 Å². The zero-order valence-electron chi connectivity index (χ0n) is 11.8. The van der Waals surface area contributed by atoms with Crippen molar-refractivity contribution >= 4 is 27.1 Å². The summed E-state index contributed by atoms with van der Waals surface area (Å²) in [6.45, 7) is 0. The minimum atomic E-state index is -3.24. The lowest BCUT2D eigenvalue weighted by molar-refractivity contribution is 0.0279. The minimum Gasteiger partial charge on any atom is -0.497 e. The van der Waals surface area contributed by atoms with Gasteiger partial charge < -0.3 is 9.47 Å². The average Bonchev–Trinajstić information content (AvgIpc) is 3.01. The summed E-state index contributed by atoms with van der Waals surface area (Å²) < 4.78 is 34.8. The molecule has 1 aliphatic heterocycles. The molecule has 1 atom stereocenters. The van der Waals surface area contributed by atoms with Crippen molar-refractivity contribution in [2.75, 3.05) is 12.9 Å². The SMILES string of the molecule is COc1cccc(C(=O)OC2CCS(=O)(=O)c3sccc32)c1. The van der Waals surface area contributed by atoms with Crippen LogP contribution >= 0.6 is 11.3 Å². The third kappa shape index (κ3) is 2.74. The first-order valence-corrected chi connectivity index (χ1v) is 9.19. The smallest absolute Gasteiger partial charge is 0.338 e. The second-order valence-electron chi connectivity index (χ2n) is 4.90. The molecule has 0 fully saturated rings. The summed E-state index contributed by atoms with van der Waals surface area (Å²) in [5.41, 5.74) is 0.956. The van der Waals surface area contributed by atoms with Crippen LogP contribution in [0.25, 0.3) is 0 Å². The predicted molar refractivity (Wildman–Crippen MR) is 82.1 cm³/mol. The van der Waals surface area contributed by atoms with Gasteiger partial charge in [0.05, 0.1) is 18.4 Å². The van der Waals surface area contributed by atoms with Gasteiger partial charge in [-0.2, -0.15) is 0 Å². The van der Waals surface area contributed by atoms with Gasteiger partial charge in [-0.05, 0) is 29.6 Å². The van der Waals surface area contributed by atoms with Gasteiger partial charge in [-0.1, -0.05) is 6.07 Å². The van der Waals surface area contributed by atoms with Crippen LogP contribution in [0.5, 0.6) is 5.75 Å². The summed E-state index contributed by atoms with van der Waals surface area (Å²) in [4.78, 5) is 12.3. The average molecular weight is 338 g/mol. The Kier molecular flexibility index (Phi) is 3.92. The largest absolute Gasteiger partial charge is 0.497 e. The predicted octanol–water partition coefficient (Wildman–Crippen LogP) is 2.83. The lowest BCUT2D eigenvalue weighted by Crippen LogP contribution is -2.22. The summed E-state index contributed by atoms with van der Waals surface area (Å²) in [5, 5.41) is 1.71. The van der Waals surface area contributed by atoms with E-state index in [0.29, 0.717) is 21.1 Å². The third-order valence-corrected chi connectivity index (χ3v) is 6.84. The lowest BCUT2D eigenvalue weighted by Gasteiger charge is -2.22. The van der Waals surface area contributed by atoms with Gasteiger partial charge in [0, 0.05) is 12.0 Å². The number of carbonyl (C=O) groups is 1. The van der Waals surface area contributed by atoms with E-state index in [9.17, 15) is 13.2 Å². The molecule has 1 unspecified atom stereocenters. The number of benzene rings is 1. The monoisotopic (exact) mass is 338 g/mol. The van der Waals surface area contributed by atoms with Gasteiger partial charge in [-0.3, -0.25) is 0 Å². The molecular formula is C15H14O5S2. The number of hydrogen-bond donors (Lipinski definition) is 0. The van der Waals surface area contributed by atoms with Gasteiger partial charge in [-0.25, -0.2) is 13.2 Å². The van der Waals surface area contributed by atoms with Crippen molar-refractivity contribution in [2.24, 2.45) is 0 Å². The topological polar surface area (TPSA) is 69.7 Å². The number of thiophene rings is 1. The Morgan fingerprint density at radius 2 is 2.14 bits per heavy atom. The molecule has 1 aliphatic rings. The summed E-state index contributed by atoms with van der Waals surface area (Å²) in [6.07, 6.45) is -0.245. The number of esters is 1. The normalized spacial score (nSPS) is 19.2. The summed E-state index contributed by atoms with van der Waals surface area (Å²) in [6, 6.07) is 8.38. The summed E-state index contributed by atoms with van der Waals surface area (Å²) >= 11 is 1.17. The van der Waals surface area contributed by atoms with Crippen LogP contribution in [0.15, 0.2) is 39.9 Å². The molecule has 22 heavy (non-hydrogen) atoms. The molecule has 5 nitrogen and oxygen atoms in total. The van der Waals surface area contributed by atoms with E-state index in [0.717, 1.165) is 0 Å². The number of methoxy groups -OCH3 is 1. The minimum absolute atomic E-state index is 0.00340. The zero-order valence-corrected chi connectivity index (χ0v) is 13.4. The van der Waals surface area contributed by atoms with Crippen molar-refractivity contribution in [3.05, 3.63) is 46.8 Å². The molecule has 0 radical (unpaired) electrons. The second-order valence-corrected chi connectivity index (χ2v) is 8.12. The molecule has 0 saturated carbocycles. The van der Waals surface area contributed by atoms with E-state index in [1.165, 1.54) is 18.4 Å². The molecule has 7 heteroatoms. The molecular weight excluding hydrogens is 324 g/mol. The fourth-order valence-corrected chi connectivity index (χ4v) is 5.32. The molecule has 2 heterocycles. The highest BCUT2D eigenvalue weighted by Gasteiger charge is 2.33. The first-order valence-electron chi connectivity index (χ1n) is 6.66. The highest BCUT2D eigenvalue weighted by molar-refractivity contribution is 7.93. The van der Waals surface area contributed by atoms with Crippen molar-refractivity contribution in [2.45, 2.75) is 16.7 Å². The van der Waals surface area contributed by atoms with E-state index in [2.05, 4.69) is 0 Å². The third-order valence-electron chi connectivity index (χ3n) is 3.49. The summed E-state index contributed by atoms with van der Waals surface area (Å²) in [5.74, 6) is 0.0774. The van der Waals surface area contributed by atoms with Crippen LogP contribution in [-0.2, 0) is 14.6 Å². The van der Waals surface area contributed by atoms with E-state index < -0.39 is 21.9 Å². The van der Waals surface area contributed by atoms with Gasteiger partial charge in [0.25, 0.3) is 0 Å². The fourth-order valence-electron chi connectivity index (χ4n) is 2.38. The van der Waals surface area contributed by atoms with Gasteiger partial charge >= 0.3 is 5.97 Å². The Labute approximate surface area is 132 Å². The van der Waals surface area contributed by atoms with E-state index in [1.54, 1.807) is 35.7 Å². The van der Waals surface area contributed by atoms with Crippen LogP contribution in [0.1, 0.15) is 28.4 Å². The van der Waals surface area contributed by atoms with Crippen molar-refractivity contribution in [1.82, 2.24) is 0 Å². The highest BCUT2D eigenvalue weighted by atomic mass is 32.2. The standard InChI is InChI=1S/C15H14O5S2/c1-19-11-4-2-3-10(9-11)14(16)20-13-6-8-22(17,18)15-12(13)5-7-21-15/h2-5,7,9,13H,6,8H2,1H3. The number of rotatable bonds is 3. The Morgan fingerprint density at radius 3 is 2.91 bits per heavy atom. The molecule has 0 spiro atoms. The van der Waals surface area contributed by atoms with Crippen LogP contribution in [0.2, 0.25) is 0 Å². The Balaban J connectivity index is 1.84. The number of carbonyl (C=O) groups excluding carboxylic acids is 1. The number of ether oxygens (including phenoxy) is 2. The van der Waals surface area contributed by atoms with Crippen molar-refractivity contribution in [1.29, 1.82) is 0 Å². The quantitative estimate of drug-likeness (QED) is 0.805. The Hall–Kier alpha value is -1.86. The maximum atomic E-state index is 12.3. The van der Waals surface area contributed by atoms with Gasteiger partial charge in [0.1, 0.15) is 16.1 Å². The van der Waals surface area contributed by atoms with Crippen molar-refractivity contribution in [3.63, 3.8) is 0 Å². The molecule has 0 aliphatic carbocycles. The first kappa shape index (κ1) is 15.1. The van der Waals surface area contributed by atoms with E-state index >= 15 is 0 Å². The number of hydrogen-bond acceptors (Lipinski definition) is 6. The number of sulfone groups is 1.